The molecule has 0 spiro atoms. The Morgan fingerprint density at radius 1 is 0.822 bits per heavy atom. The van der Waals surface area contributed by atoms with Crippen molar-refractivity contribution in [1.29, 1.82) is 0 Å². The number of alkyl halides is 6. The van der Waals surface area contributed by atoms with Crippen molar-refractivity contribution >= 4 is 37.2 Å². The standard InChI is InChI=1S/C30H25F6NO6S2/c31-29(32,33)28(38)43-22-10-13-24-25(18-22)44-27(19-4-11-23(12-5-19)45(39,40)30(34,35)36)26(24)42-21-8-6-20(7-9-21)41-17-16-37-14-2-1-3-15-37/h4-13,18H,1-3,14-17H2. The molecule has 0 amide bonds. The molecule has 5 rings (SSSR count). The third kappa shape index (κ3) is 7.53. The number of nitrogens with zero attached hydrogens (tertiary/aromatic N) is 1. The van der Waals surface area contributed by atoms with E-state index >= 15 is 0 Å². The molecular weight excluding hydrogens is 648 g/mol. The van der Waals surface area contributed by atoms with E-state index in [0.29, 0.717) is 33.1 Å². The Morgan fingerprint density at radius 3 is 2.07 bits per heavy atom. The first-order valence-electron chi connectivity index (χ1n) is 13.6. The van der Waals surface area contributed by atoms with Gasteiger partial charge < -0.3 is 14.2 Å². The van der Waals surface area contributed by atoms with Gasteiger partial charge in [-0.15, -0.1) is 11.3 Å². The van der Waals surface area contributed by atoms with E-state index in [1.54, 1.807) is 24.3 Å². The lowest BCUT2D eigenvalue weighted by Crippen LogP contribution is -2.33. The first-order chi connectivity index (χ1) is 21.2. The van der Waals surface area contributed by atoms with Gasteiger partial charge in [-0.05, 0) is 86.1 Å². The number of likely N-dealkylation sites (tertiary alicyclic amines) is 1. The van der Waals surface area contributed by atoms with Crippen molar-refractivity contribution in [2.75, 3.05) is 26.2 Å². The van der Waals surface area contributed by atoms with Crippen LogP contribution >= 0.6 is 11.3 Å². The molecule has 1 aliphatic heterocycles. The summed E-state index contributed by atoms with van der Waals surface area (Å²) in [5.74, 6) is -1.64. The highest BCUT2D eigenvalue weighted by Crippen LogP contribution is 2.47. The van der Waals surface area contributed by atoms with E-state index in [0.717, 1.165) is 49.2 Å². The summed E-state index contributed by atoms with van der Waals surface area (Å²) in [6.45, 7) is 3.38. The van der Waals surface area contributed by atoms with Crippen LogP contribution in [0.3, 0.4) is 0 Å². The zero-order valence-corrected chi connectivity index (χ0v) is 24.9. The number of rotatable bonds is 9. The predicted octanol–water partition coefficient (Wildman–Crippen LogP) is 7.99. The maximum atomic E-state index is 13.0. The third-order valence-electron chi connectivity index (χ3n) is 6.96. The molecule has 7 nitrogen and oxygen atoms in total. The highest BCUT2D eigenvalue weighted by molar-refractivity contribution is 7.92. The lowest BCUT2D eigenvalue weighted by Gasteiger charge is -2.26. The largest absolute Gasteiger partial charge is 0.501 e. The minimum absolute atomic E-state index is 0.203. The number of piperidine rings is 1. The van der Waals surface area contributed by atoms with Crippen molar-refractivity contribution in [3.8, 4) is 33.4 Å². The van der Waals surface area contributed by atoms with Crippen LogP contribution in [-0.4, -0.2) is 57.2 Å². The Balaban J connectivity index is 1.43. The molecule has 0 bridgehead atoms. The number of carbonyl (C=O) groups excluding carboxylic acids is 1. The summed E-state index contributed by atoms with van der Waals surface area (Å²) in [4.78, 5) is 13.1. The SMILES string of the molecule is O=C(Oc1ccc2c(Oc3ccc(OCCN4CCCCC4)cc3)c(-c3ccc(S(=O)(=O)C(F)(F)F)cc3)sc2c1)C(F)(F)F. The van der Waals surface area contributed by atoms with Gasteiger partial charge in [0.1, 0.15) is 23.9 Å². The first kappa shape index (κ1) is 32.6. The molecule has 0 atom stereocenters. The van der Waals surface area contributed by atoms with E-state index in [4.69, 9.17) is 9.47 Å². The number of carbonyl (C=O) groups is 1. The highest BCUT2D eigenvalue weighted by atomic mass is 32.2. The maximum Gasteiger partial charge on any atom is 0.501 e. The number of ether oxygens (including phenoxy) is 3. The smallest absolute Gasteiger partial charge is 0.492 e. The zero-order valence-electron chi connectivity index (χ0n) is 23.3. The Hall–Kier alpha value is -3.82. The molecule has 0 N–H and O–H groups in total. The number of halogens is 6. The molecule has 2 heterocycles. The molecule has 45 heavy (non-hydrogen) atoms. The van der Waals surface area contributed by atoms with Gasteiger partial charge in [0.05, 0.1) is 9.77 Å². The summed E-state index contributed by atoms with van der Waals surface area (Å²) in [6.07, 6.45) is -1.64. The molecule has 4 aromatic rings. The van der Waals surface area contributed by atoms with Crippen LogP contribution in [0.25, 0.3) is 20.5 Å². The summed E-state index contributed by atoms with van der Waals surface area (Å²) in [6, 6.07) is 14.3. The summed E-state index contributed by atoms with van der Waals surface area (Å²) in [5.41, 5.74) is -5.22. The van der Waals surface area contributed by atoms with Crippen LogP contribution in [-0.2, 0) is 14.6 Å². The monoisotopic (exact) mass is 673 g/mol. The summed E-state index contributed by atoms with van der Waals surface area (Å²) in [7, 11) is -5.59. The van der Waals surface area contributed by atoms with Crippen LogP contribution in [0.2, 0.25) is 0 Å². The molecule has 3 aromatic carbocycles. The molecule has 0 radical (unpaired) electrons. The number of fused-ring (bicyclic) bond motifs is 1. The molecule has 240 valence electrons. The normalized spacial score (nSPS) is 14.8. The summed E-state index contributed by atoms with van der Waals surface area (Å²) < 4.78 is 118. The van der Waals surface area contributed by atoms with Gasteiger partial charge in [-0.1, -0.05) is 18.6 Å². The second-order valence-corrected chi connectivity index (χ2v) is 13.1. The zero-order chi connectivity index (χ0) is 32.4. The minimum atomic E-state index is -5.59. The molecule has 1 fully saturated rings. The number of benzene rings is 3. The lowest BCUT2D eigenvalue weighted by atomic mass is 10.1. The summed E-state index contributed by atoms with van der Waals surface area (Å²) in [5, 5.41) is 0.399. The average molecular weight is 674 g/mol. The van der Waals surface area contributed by atoms with E-state index in [1.165, 1.54) is 43.5 Å². The van der Waals surface area contributed by atoms with Gasteiger partial charge >= 0.3 is 17.7 Å². The van der Waals surface area contributed by atoms with Crippen molar-refractivity contribution in [3.05, 3.63) is 66.7 Å². The Kier molecular flexibility index (Phi) is 9.33. The Bertz CT molecular complexity index is 1760. The van der Waals surface area contributed by atoms with Crippen molar-refractivity contribution in [3.63, 3.8) is 0 Å². The maximum absolute atomic E-state index is 13.0. The van der Waals surface area contributed by atoms with Gasteiger partial charge in [0.25, 0.3) is 9.84 Å². The molecule has 1 aliphatic rings. The molecular formula is C30H25F6NO6S2. The predicted molar refractivity (Wildman–Crippen MR) is 154 cm³/mol. The van der Waals surface area contributed by atoms with Crippen LogP contribution < -0.4 is 14.2 Å². The van der Waals surface area contributed by atoms with Crippen LogP contribution in [0.5, 0.6) is 23.0 Å². The molecule has 1 aromatic heterocycles. The molecule has 0 aliphatic carbocycles. The molecule has 0 saturated carbocycles. The van der Waals surface area contributed by atoms with Gasteiger partial charge in [-0.2, -0.15) is 26.3 Å². The van der Waals surface area contributed by atoms with Crippen LogP contribution in [0.4, 0.5) is 26.3 Å². The average Bonchev–Trinajstić information content (AvgIpc) is 3.35. The van der Waals surface area contributed by atoms with Crippen molar-refractivity contribution in [2.45, 2.75) is 35.8 Å². The van der Waals surface area contributed by atoms with E-state index < -0.39 is 32.4 Å². The second kappa shape index (κ2) is 12.9. The van der Waals surface area contributed by atoms with Crippen molar-refractivity contribution in [2.24, 2.45) is 0 Å². The molecule has 1 saturated heterocycles. The van der Waals surface area contributed by atoms with Crippen molar-refractivity contribution < 1.29 is 53.8 Å². The number of hydrogen-bond donors (Lipinski definition) is 0. The van der Waals surface area contributed by atoms with E-state index in [2.05, 4.69) is 9.64 Å². The van der Waals surface area contributed by atoms with Gasteiger partial charge in [0.2, 0.25) is 0 Å². The van der Waals surface area contributed by atoms with E-state index in [9.17, 15) is 39.6 Å². The number of hydrogen-bond acceptors (Lipinski definition) is 8. The topological polar surface area (TPSA) is 82.1 Å². The lowest BCUT2D eigenvalue weighted by molar-refractivity contribution is -0.189. The quantitative estimate of drug-likeness (QED) is 0.101. The fraction of sp³-hybridized carbons (Fsp3) is 0.300. The fourth-order valence-corrected chi connectivity index (χ4v) is 6.62. The van der Waals surface area contributed by atoms with E-state index in [1.807, 2.05) is 0 Å². The fourth-order valence-electron chi connectivity index (χ4n) is 4.69. The van der Waals surface area contributed by atoms with Gasteiger partial charge in [-0.25, -0.2) is 13.2 Å². The minimum Gasteiger partial charge on any atom is -0.492 e. The van der Waals surface area contributed by atoms with Crippen molar-refractivity contribution in [1.82, 2.24) is 4.90 Å². The molecule has 15 heteroatoms. The van der Waals surface area contributed by atoms with Crippen LogP contribution in [0.15, 0.2) is 71.6 Å². The number of thiophene rings is 1. The number of esters is 1. The highest BCUT2D eigenvalue weighted by Gasteiger charge is 2.46. The number of sulfone groups is 1. The molecule has 0 unspecified atom stereocenters. The van der Waals surface area contributed by atoms with E-state index in [-0.39, 0.29) is 17.1 Å². The second-order valence-electron chi connectivity index (χ2n) is 10.1. The van der Waals surface area contributed by atoms with Crippen LogP contribution in [0.1, 0.15) is 19.3 Å². The Morgan fingerprint density at radius 2 is 1.44 bits per heavy atom. The summed E-state index contributed by atoms with van der Waals surface area (Å²) >= 11 is 0.993. The van der Waals surface area contributed by atoms with Crippen LogP contribution in [0, 0.1) is 0 Å². The third-order valence-corrected chi connectivity index (χ3v) is 9.64. The first-order valence-corrected chi connectivity index (χ1v) is 15.9. The Labute approximate surface area is 257 Å². The van der Waals surface area contributed by atoms with Gasteiger partial charge in [-0.3, -0.25) is 4.90 Å². The van der Waals surface area contributed by atoms with Gasteiger partial charge in [0, 0.05) is 16.6 Å². The van der Waals surface area contributed by atoms with Gasteiger partial charge in [0.15, 0.2) is 5.75 Å².